The van der Waals surface area contributed by atoms with Crippen molar-refractivity contribution >= 4 is 17.2 Å². The van der Waals surface area contributed by atoms with Crippen LogP contribution in [-0.2, 0) is 7.05 Å². The van der Waals surface area contributed by atoms with E-state index in [9.17, 15) is 15.0 Å². The van der Waals surface area contributed by atoms with Gasteiger partial charge in [-0.05, 0) is 13.0 Å². The topological polar surface area (TPSA) is 78.6 Å². The van der Waals surface area contributed by atoms with Gasteiger partial charge in [-0.1, -0.05) is 0 Å². The molecule has 1 saturated heterocycles. The normalized spacial score (nSPS) is 22.0. The average molecular weight is 307 g/mol. The van der Waals surface area contributed by atoms with Gasteiger partial charge in [0.2, 0.25) is 0 Å². The smallest absolute Gasteiger partial charge is 0.270 e. The monoisotopic (exact) mass is 307 g/mol. The molecule has 2 aromatic heterocycles. The minimum Gasteiger partial charge on any atom is -0.388 e. The molecule has 0 saturated carbocycles. The lowest BCUT2D eigenvalue weighted by molar-refractivity contribution is 0.0572. The van der Waals surface area contributed by atoms with Crippen LogP contribution < -0.4 is 0 Å². The zero-order valence-corrected chi connectivity index (χ0v) is 12.7. The van der Waals surface area contributed by atoms with Gasteiger partial charge in [-0.15, -0.1) is 11.3 Å². The summed E-state index contributed by atoms with van der Waals surface area (Å²) in [5, 5.41) is 22.1. The second kappa shape index (κ2) is 5.25. The predicted octanol–water partition coefficient (Wildman–Crippen LogP) is 0.635. The number of aryl methyl sites for hydroxylation is 2. The minimum atomic E-state index is -0.866. The molecule has 3 rings (SSSR count). The molecule has 2 atom stereocenters. The minimum absolute atomic E-state index is 0.163. The van der Waals surface area contributed by atoms with Gasteiger partial charge in [0.25, 0.3) is 5.91 Å². The molecule has 3 heterocycles. The van der Waals surface area contributed by atoms with Crippen molar-refractivity contribution in [3.05, 3.63) is 28.3 Å². The van der Waals surface area contributed by atoms with Crippen LogP contribution in [-0.4, -0.2) is 55.9 Å². The molecule has 0 bridgehead atoms. The van der Waals surface area contributed by atoms with Gasteiger partial charge in [0.15, 0.2) is 0 Å². The number of aliphatic hydroxyl groups excluding tert-OH is 2. The van der Waals surface area contributed by atoms with Gasteiger partial charge in [-0.2, -0.15) is 0 Å². The molecule has 1 fully saturated rings. The summed E-state index contributed by atoms with van der Waals surface area (Å²) in [6.07, 6.45) is 0.134. The molecule has 0 aromatic carbocycles. The molecule has 6 nitrogen and oxygen atoms in total. The van der Waals surface area contributed by atoms with Crippen LogP contribution in [0.3, 0.4) is 0 Å². The van der Waals surface area contributed by atoms with Crippen LogP contribution >= 0.6 is 11.3 Å². The fraction of sp³-hybridized carbons (Fsp3) is 0.429. The summed E-state index contributed by atoms with van der Waals surface area (Å²) >= 11 is 1.57. The van der Waals surface area contributed by atoms with Crippen LogP contribution in [0.15, 0.2) is 17.6 Å². The summed E-state index contributed by atoms with van der Waals surface area (Å²) in [6.45, 7) is 2.27. The number of aliphatic hydroxyl groups is 2. The molecule has 0 spiro atoms. The Morgan fingerprint density at radius 3 is 2.62 bits per heavy atom. The van der Waals surface area contributed by atoms with Crippen molar-refractivity contribution in [2.45, 2.75) is 19.1 Å². The number of likely N-dealkylation sites (tertiary alicyclic amines) is 1. The number of carbonyl (C=O) groups excluding carboxylic acids is 1. The van der Waals surface area contributed by atoms with Crippen molar-refractivity contribution in [2.24, 2.45) is 7.05 Å². The Kier molecular flexibility index (Phi) is 3.56. The van der Waals surface area contributed by atoms with E-state index in [0.29, 0.717) is 5.69 Å². The Morgan fingerprint density at radius 1 is 1.38 bits per heavy atom. The fourth-order valence-electron chi connectivity index (χ4n) is 2.51. The van der Waals surface area contributed by atoms with Gasteiger partial charge in [0.1, 0.15) is 5.69 Å². The third kappa shape index (κ3) is 2.59. The van der Waals surface area contributed by atoms with E-state index in [2.05, 4.69) is 4.98 Å². The Morgan fingerprint density at radius 2 is 2.05 bits per heavy atom. The molecule has 0 unspecified atom stereocenters. The average Bonchev–Trinajstić information content (AvgIpc) is 3.10. The highest BCUT2D eigenvalue weighted by atomic mass is 32.1. The Labute approximate surface area is 126 Å². The Bertz CT molecular complexity index is 669. The SMILES string of the molecule is Cc1nc(-c2cc(C(=O)N3C[C@@H](O)[C@@H](O)C3)n(C)c2)cs1. The standard InChI is InChI=1S/C14H17N3O3S/c1-8-15-10(7-21-8)9-3-11(16(2)4-9)14(20)17-5-12(18)13(19)6-17/h3-4,7,12-13,18-19H,5-6H2,1-2H3/t12-,13+. The van der Waals surface area contributed by atoms with Crippen molar-refractivity contribution < 1.29 is 15.0 Å². The molecule has 2 aromatic rings. The number of aromatic nitrogens is 2. The molecule has 21 heavy (non-hydrogen) atoms. The van der Waals surface area contributed by atoms with Gasteiger partial charge < -0.3 is 19.7 Å². The number of hydrogen-bond donors (Lipinski definition) is 2. The first-order chi connectivity index (χ1) is 9.95. The Balaban J connectivity index is 1.86. The number of nitrogens with zero attached hydrogens (tertiary/aromatic N) is 3. The molecule has 0 aliphatic carbocycles. The molecule has 1 aliphatic heterocycles. The molecule has 0 radical (unpaired) electrons. The van der Waals surface area contributed by atoms with Gasteiger partial charge in [-0.3, -0.25) is 4.79 Å². The summed E-state index contributed by atoms with van der Waals surface area (Å²) in [7, 11) is 1.80. The third-order valence-electron chi connectivity index (χ3n) is 3.69. The van der Waals surface area contributed by atoms with E-state index in [-0.39, 0.29) is 19.0 Å². The van der Waals surface area contributed by atoms with E-state index in [1.54, 1.807) is 29.0 Å². The zero-order chi connectivity index (χ0) is 15.1. The summed E-state index contributed by atoms with van der Waals surface area (Å²) in [6, 6.07) is 1.80. The fourth-order valence-corrected chi connectivity index (χ4v) is 3.13. The van der Waals surface area contributed by atoms with Crippen molar-refractivity contribution in [2.75, 3.05) is 13.1 Å². The first kappa shape index (κ1) is 14.2. The maximum atomic E-state index is 12.5. The number of hydrogen-bond acceptors (Lipinski definition) is 5. The summed E-state index contributed by atoms with van der Waals surface area (Å²) < 4.78 is 1.75. The molecule has 1 aliphatic rings. The van der Waals surface area contributed by atoms with E-state index in [1.165, 1.54) is 4.90 Å². The van der Waals surface area contributed by atoms with E-state index >= 15 is 0 Å². The zero-order valence-electron chi connectivity index (χ0n) is 11.9. The number of carbonyl (C=O) groups is 1. The molecule has 7 heteroatoms. The van der Waals surface area contributed by atoms with Crippen molar-refractivity contribution in [1.82, 2.24) is 14.5 Å². The number of rotatable bonds is 2. The summed E-state index contributed by atoms with van der Waals surface area (Å²) in [4.78, 5) is 18.4. The Hall–Kier alpha value is -1.70. The maximum Gasteiger partial charge on any atom is 0.270 e. The number of amides is 1. The lowest BCUT2D eigenvalue weighted by Crippen LogP contribution is -2.31. The maximum absolute atomic E-state index is 12.5. The number of β-amino-alcohol motifs (C(OH)–C–C–N with tert-alkyl or cyclic N) is 2. The second-order valence-corrected chi connectivity index (χ2v) is 6.38. The first-order valence-corrected chi connectivity index (χ1v) is 7.58. The molecule has 2 N–H and O–H groups in total. The predicted molar refractivity (Wildman–Crippen MR) is 79.2 cm³/mol. The summed E-state index contributed by atoms with van der Waals surface area (Å²) in [5.41, 5.74) is 2.27. The highest BCUT2D eigenvalue weighted by Gasteiger charge is 2.33. The van der Waals surface area contributed by atoms with Crippen molar-refractivity contribution in [3.63, 3.8) is 0 Å². The number of thiazole rings is 1. The van der Waals surface area contributed by atoms with Crippen molar-refractivity contribution in [1.29, 1.82) is 0 Å². The summed E-state index contributed by atoms with van der Waals surface area (Å²) in [5.74, 6) is -0.189. The molecule has 112 valence electrons. The van der Waals surface area contributed by atoms with E-state index in [4.69, 9.17) is 0 Å². The highest BCUT2D eigenvalue weighted by Crippen LogP contribution is 2.25. The van der Waals surface area contributed by atoms with Crippen LogP contribution in [0.4, 0.5) is 0 Å². The second-order valence-electron chi connectivity index (χ2n) is 5.32. The van der Waals surface area contributed by atoms with Gasteiger partial charge in [-0.25, -0.2) is 4.98 Å². The third-order valence-corrected chi connectivity index (χ3v) is 4.46. The van der Waals surface area contributed by atoms with E-state index in [1.807, 2.05) is 18.5 Å². The van der Waals surface area contributed by atoms with Gasteiger partial charge >= 0.3 is 0 Å². The molecular formula is C14H17N3O3S. The highest BCUT2D eigenvalue weighted by molar-refractivity contribution is 7.09. The van der Waals surface area contributed by atoms with E-state index in [0.717, 1.165) is 16.3 Å². The lowest BCUT2D eigenvalue weighted by Gasteiger charge is -2.15. The van der Waals surface area contributed by atoms with Crippen LogP contribution in [0, 0.1) is 6.92 Å². The molecular weight excluding hydrogens is 290 g/mol. The largest absolute Gasteiger partial charge is 0.388 e. The quantitative estimate of drug-likeness (QED) is 0.853. The van der Waals surface area contributed by atoms with Gasteiger partial charge in [0.05, 0.1) is 22.9 Å². The lowest BCUT2D eigenvalue weighted by atomic mass is 10.2. The van der Waals surface area contributed by atoms with E-state index < -0.39 is 12.2 Å². The van der Waals surface area contributed by atoms with Crippen LogP contribution in [0.1, 0.15) is 15.5 Å². The van der Waals surface area contributed by atoms with Crippen LogP contribution in [0.2, 0.25) is 0 Å². The van der Waals surface area contributed by atoms with Gasteiger partial charge in [0, 0.05) is 37.3 Å². The van der Waals surface area contributed by atoms with Crippen LogP contribution in [0.5, 0.6) is 0 Å². The van der Waals surface area contributed by atoms with Crippen molar-refractivity contribution in [3.8, 4) is 11.3 Å². The first-order valence-electron chi connectivity index (χ1n) is 6.70. The van der Waals surface area contributed by atoms with Crippen LogP contribution in [0.25, 0.3) is 11.3 Å². The molecule has 1 amide bonds.